The third-order valence-corrected chi connectivity index (χ3v) is 4.76. The molecule has 26 heavy (non-hydrogen) atoms. The van der Waals surface area contributed by atoms with Gasteiger partial charge in [-0.1, -0.05) is 18.2 Å². The number of rotatable bonds is 4. The molecule has 0 aliphatic carbocycles. The van der Waals surface area contributed by atoms with E-state index >= 15 is 0 Å². The standard InChI is InChI=1S/C20H22FN3O2/c1-13-6-7-15(20(26)24-9-8-14(11-22)12-24)10-18(13)23-19(25)16-4-2-3-5-17(16)21/h2-7,10,14H,8-9,11-12,22H2,1H3,(H,23,25). The van der Waals surface area contributed by atoms with Crippen LogP contribution in [0, 0.1) is 18.7 Å². The summed E-state index contributed by atoms with van der Waals surface area (Å²) < 4.78 is 13.8. The predicted octanol–water partition coefficient (Wildman–Crippen LogP) is 2.81. The lowest BCUT2D eigenvalue weighted by molar-refractivity contribution is 0.0787. The van der Waals surface area contributed by atoms with Gasteiger partial charge < -0.3 is 16.0 Å². The van der Waals surface area contributed by atoms with Gasteiger partial charge in [-0.2, -0.15) is 0 Å². The van der Waals surface area contributed by atoms with Gasteiger partial charge in [0.05, 0.1) is 5.56 Å². The summed E-state index contributed by atoms with van der Waals surface area (Å²) in [6.45, 7) is 3.73. The number of anilines is 1. The van der Waals surface area contributed by atoms with Crippen LogP contribution in [0.25, 0.3) is 0 Å². The highest BCUT2D eigenvalue weighted by atomic mass is 19.1. The highest BCUT2D eigenvalue weighted by molar-refractivity contribution is 6.05. The number of nitrogens with one attached hydrogen (secondary N) is 1. The zero-order chi connectivity index (χ0) is 18.7. The second kappa shape index (κ2) is 7.66. The minimum absolute atomic E-state index is 0.0334. The monoisotopic (exact) mass is 355 g/mol. The molecule has 1 atom stereocenters. The Morgan fingerprint density at radius 3 is 2.73 bits per heavy atom. The number of halogens is 1. The van der Waals surface area contributed by atoms with E-state index in [9.17, 15) is 14.0 Å². The maximum atomic E-state index is 13.8. The Morgan fingerprint density at radius 1 is 1.27 bits per heavy atom. The number of aryl methyl sites for hydroxylation is 1. The minimum atomic E-state index is -0.584. The predicted molar refractivity (Wildman–Crippen MR) is 98.6 cm³/mol. The Labute approximate surface area is 152 Å². The zero-order valence-corrected chi connectivity index (χ0v) is 14.7. The smallest absolute Gasteiger partial charge is 0.258 e. The molecule has 2 aromatic rings. The lowest BCUT2D eigenvalue weighted by atomic mass is 10.1. The van der Waals surface area contributed by atoms with Crippen molar-refractivity contribution in [1.29, 1.82) is 0 Å². The third-order valence-electron chi connectivity index (χ3n) is 4.76. The van der Waals surface area contributed by atoms with Crippen LogP contribution in [0.4, 0.5) is 10.1 Å². The average molecular weight is 355 g/mol. The molecule has 3 rings (SSSR count). The third kappa shape index (κ3) is 3.75. The fraction of sp³-hybridized carbons (Fsp3) is 0.300. The molecule has 1 saturated heterocycles. The summed E-state index contributed by atoms with van der Waals surface area (Å²) in [5.74, 6) is -0.869. The van der Waals surface area contributed by atoms with Gasteiger partial charge in [-0.25, -0.2) is 4.39 Å². The van der Waals surface area contributed by atoms with Gasteiger partial charge in [-0.3, -0.25) is 9.59 Å². The highest BCUT2D eigenvalue weighted by Crippen LogP contribution is 2.22. The molecule has 2 amide bonds. The Bertz CT molecular complexity index is 838. The maximum Gasteiger partial charge on any atom is 0.258 e. The van der Waals surface area contributed by atoms with Crippen molar-refractivity contribution >= 4 is 17.5 Å². The van der Waals surface area contributed by atoms with Crippen LogP contribution < -0.4 is 11.1 Å². The fourth-order valence-electron chi connectivity index (χ4n) is 3.12. The van der Waals surface area contributed by atoms with Crippen LogP contribution in [0.5, 0.6) is 0 Å². The lowest BCUT2D eigenvalue weighted by Crippen LogP contribution is -2.30. The van der Waals surface area contributed by atoms with Crippen LogP contribution in [-0.2, 0) is 0 Å². The van der Waals surface area contributed by atoms with Gasteiger partial charge in [-0.05, 0) is 55.6 Å². The average Bonchev–Trinajstić information content (AvgIpc) is 3.12. The number of nitrogens with two attached hydrogens (primary N) is 1. The van der Waals surface area contributed by atoms with E-state index in [4.69, 9.17) is 5.73 Å². The molecule has 0 spiro atoms. The van der Waals surface area contributed by atoms with Crippen molar-refractivity contribution < 1.29 is 14.0 Å². The van der Waals surface area contributed by atoms with E-state index in [2.05, 4.69) is 5.32 Å². The Hall–Kier alpha value is -2.73. The second-order valence-electron chi connectivity index (χ2n) is 6.61. The Balaban J connectivity index is 1.79. The first-order valence-corrected chi connectivity index (χ1v) is 8.65. The van der Waals surface area contributed by atoms with Gasteiger partial charge in [-0.15, -0.1) is 0 Å². The number of hydrogen-bond acceptors (Lipinski definition) is 3. The molecule has 1 fully saturated rings. The molecule has 1 unspecified atom stereocenters. The summed E-state index contributed by atoms with van der Waals surface area (Å²) in [5.41, 5.74) is 7.45. The number of carbonyl (C=O) groups is 2. The SMILES string of the molecule is Cc1ccc(C(=O)N2CCC(CN)C2)cc1NC(=O)c1ccccc1F. The number of nitrogens with zero attached hydrogens (tertiary/aromatic N) is 1. The first kappa shape index (κ1) is 18.1. The van der Waals surface area contributed by atoms with Crippen molar-refractivity contribution in [1.82, 2.24) is 4.90 Å². The first-order chi connectivity index (χ1) is 12.5. The van der Waals surface area contributed by atoms with E-state index < -0.39 is 11.7 Å². The molecule has 0 aromatic heterocycles. The molecule has 1 aliphatic heterocycles. The molecule has 1 heterocycles. The van der Waals surface area contributed by atoms with E-state index in [1.54, 1.807) is 29.2 Å². The molecular formula is C20H22FN3O2. The molecule has 1 aliphatic rings. The van der Waals surface area contributed by atoms with Crippen molar-refractivity contribution in [2.45, 2.75) is 13.3 Å². The number of carbonyl (C=O) groups excluding carboxylic acids is 2. The van der Waals surface area contributed by atoms with Crippen molar-refractivity contribution in [3.8, 4) is 0 Å². The maximum absolute atomic E-state index is 13.8. The lowest BCUT2D eigenvalue weighted by Gasteiger charge is -2.17. The van der Waals surface area contributed by atoms with Crippen molar-refractivity contribution in [3.05, 3.63) is 65.0 Å². The fourth-order valence-corrected chi connectivity index (χ4v) is 3.12. The molecule has 0 radical (unpaired) electrons. The van der Waals surface area contributed by atoms with E-state index in [0.717, 1.165) is 12.0 Å². The largest absolute Gasteiger partial charge is 0.338 e. The van der Waals surface area contributed by atoms with E-state index in [0.29, 0.717) is 36.8 Å². The van der Waals surface area contributed by atoms with Gasteiger partial charge in [0.1, 0.15) is 5.82 Å². The second-order valence-corrected chi connectivity index (χ2v) is 6.61. The van der Waals surface area contributed by atoms with E-state index in [1.807, 2.05) is 6.92 Å². The summed E-state index contributed by atoms with van der Waals surface area (Å²) >= 11 is 0. The molecule has 2 aromatic carbocycles. The van der Waals surface area contributed by atoms with Crippen molar-refractivity contribution in [2.75, 3.05) is 25.0 Å². The van der Waals surface area contributed by atoms with Gasteiger partial charge in [0, 0.05) is 24.3 Å². The van der Waals surface area contributed by atoms with Crippen LogP contribution in [0.15, 0.2) is 42.5 Å². The molecule has 6 heteroatoms. The number of benzene rings is 2. The Kier molecular flexibility index (Phi) is 5.32. The Morgan fingerprint density at radius 2 is 2.04 bits per heavy atom. The minimum Gasteiger partial charge on any atom is -0.338 e. The highest BCUT2D eigenvalue weighted by Gasteiger charge is 2.26. The summed E-state index contributed by atoms with van der Waals surface area (Å²) in [4.78, 5) is 26.8. The summed E-state index contributed by atoms with van der Waals surface area (Å²) in [6.07, 6.45) is 0.908. The molecule has 136 valence electrons. The van der Waals surface area contributed by atoms with Crippen molar-refractivity contribution in [3.63, 3.8) is 0 Å². The topological polar surface area (TPSA) is 75.4 Å². The van der Waals surface area contributed by atoms with Gasteiger partial charge >= 0.3 is 0 Å². The normalized spacial score (nSPS) is 16.6. The number of hydrogen-bond donors (Lipinski definition) is 2. The van der Waals surface area contributed by atoms with E-state index in [-0.39, 0.29) is 11.5 Å². The first-order valence-electron chi connectivity index (χ1n) is 8.65. The van der Waals surface area contributed by atoms with Gasteiger partial charge in [0.25, 0.3) is 11.8 Å². The van der Waals surface area contributed by atoms with Crippen LogP contribution in [-0.4, -0.2) is 36.3 Å². The van der Waals surface area contributed by atoms with Crippen molar-refractivity contribution in [2.24, 2.45) is 11.7 Å². The molecule has 0 saturated carbocycles. The van der Waals surface area contributed by atoms with Crippen LogP contribution in [0.2, 0.25) is 0 Å². The summed E-state index contributed by atoms with van der Waals surface area (Å²) in [6, 6.07) is 11.0. The summed E-state index contributed by atoms with van der Waals surface area (Å²) in [5, 5.41) is 2.70. The molecule has 0 bridgehead atoms. The zero-order valence-electron chi connectivity index (χ0n) is 14.7. The van der Waals surface area contributed by atoms with Gasteiger partial charge in [0.15, 0.2) is 0 Å². The molecule has 3 N–H and O–H groups in total. The van der Waals surface area contributed by atoms with Crippen LogP contribution in [0.3, 0.4) is 0 Å². The number of amides is 2. The van der Waals surface area contributed by atoms with Crippen LogP contribution in [0.1, 0.15) is 32.7 Å². The quantitative estimate of drug-likeness (QED) is 0.885. The van der Waals surface area contributed by atoms with E-state index in [1.165, 1.54) is 18.2 Å². The summed E-state index contributed by atoms with van der Waals surface area (Å²) in [7, 11) is 0. The van der Waals surface area contributed by atoms with Gasteiger partial charge in [0.2, 0.25) is 0 Å². The molecular weight excluding hydrogens is 333 g/mol. The molecule has 5 nitrogen and oxygen atoms in total. The number of likely N-dealkylation sites (tertiary alicyclic amines) is 1. The van der Waals surface area contributed by atoms with Crippen LogP contribution >= 0.6 is 0 Å².